The summed E-state index contributed by atoms with van der Waals surface area (Å²) < 4.78 is 0.736. The van der Waals surface area contributed by atoms with Crippen molar-refractivity contribution in [1.29, 1.82) is 0 Å². The Bertz CT molecular complexity index is 379. The van der Waals surface area contributed by atoms with Crippen molar-refractivity contribution in [3.05, 3.63) is 21.8 Å². The van der Waals surface area contributed by atoms with Gasteiger partial charge < -0.3 is 5.32 Å². The third kappa shape index (κ3) is 2.07. The Morgan fingerprint density at radius 2 is 2.36 bits per heavy atom. The zero-order valence-electron chi connectivity index (χ0n) is 7.26. The molecule has 0 spiro atoms. The summed E-state index contributed by atoms with van der Waals surface area (Å²) in [7, 11) is 0. The van der Waals surface area contributed by atoms with E-state index < -0.39 is 0 Å². The highest BCUT2D eigenvalue weighted by Gasteiger charge is 2.30. The van der Waals surface area contributed by atoms with E-state index in [9.17, 15) is 4.79 Å². The van der Waals surface area contributed by atoms with E-state index in [0.29, 0.717) is 10.8 Å². The summed E-state index contributed by atoms with van der Waals surface area (Å²) in [5.41, 5.74) is 0. The Morgan fingerprint density at radius 1 is 1.64 bits per heavy atom. The van der Waals surface area contributed by atoms with Gasteiger partial charge in [0.05, 0.1) is 5.02 Å². The quantitative estimate of drug-likeness (QED) is 0.902. The molecule has 0 aromatic carbocycles. The molecule has 0 unspecified atom stereocenters. The van der Waals surface area contributed by atoms with E-state index in [0.717, 1.165) is 17.3 Å². The monoisotopic (exact) mass is 274 g/mol. The van der Waals surface area contributed by atoms with Crippen molar-refractivity contribution >= 4 is 39.3 Å². The highest BCUT2D eigenvalue weighted by Crippen LogP contribution is 2.32. The van der Waals surface area contributed by atoms with Gasteiger partial charge in [0.15, 0.2) is 5.82 Å². The zero-order valence-corrected chi connectivity index (χ0v) is 9.60. The number of carbonyl (C=O) groups is 1. The first-order valence-electron chi connectivity index (χ1n) is 4.29. The number of amides is 1. The maximum absolute atomic E-state index is 11.4. The number of anilines is 1. The van der Waals surface area contributed by atoms with Gasteiger partial charge in [0.1, 0.15) is 0 Å². The molecule has 0 aliphatic heterocycles. The molecule has 1 aromatic heterocycles. The lowest BCUT2D eigenvalue weighted by Crippen LogP contribution is -2.14. The van der Waals surface area contributed by atoms with Crippen LogP contribution >= 0.6 is 27.5 Å². The van der Waals surface area contributed by atoms with E-state index >= 15 is 0 Å². The van der Waals surface area contributed by atoms with E-state index in [1.54, 1.807) is 12.3 Å². The first-order valence-corrected chi connectivity index (χ1v) is 5.46. The largest absolute Gasteiger partial charge is 0.309 e. The molecular weight excluding hydrogens is 267 g/mol. The molecule has 0 saturated heterocycles. The van der Waals surface area contributed by atoms with Crippen molar-refractivity contribution in [3.63, 3.8) is 0 Å². The summed E-state index contributed by atoms with van der Waals surface area (Å²) in [6.07, 6.45) is 3.54. The number of aromatic nitrogens is 1. The van der Waals surface area contributed by atoms with E-state index in [-0.39, 0.29) is 11.8 Å². The molecule has 1 aliphatic carbocycles. The second-order valence-electron chi connectivity index (χ2n) is 3.22. The minimum atomic E-state index is 0.0116. The molecule has 0 radical (unpaired) electrons. The molecule has 1 amide bonds. The molecule has 3 nitrogen and oxygen atoms in total. The number of halogens is 2. The van der Waals surface area contributed by atoms with Gasteiger partial charge >= 0.3 is 0 Å². The Morgan fingerprint density at radius 3 is 3.00 bits per heavy atom. The normalized spacial score (nSPS) is 15.3. The Kier molecular flexibility index (Phi) is 2.74. The predicted octanol–water partition coefficient (Wildman–Crippen LogP) is 2.85. The summed E-state index contributed by atoms with van der Waals surface area (Å²) >= 11 is 9.20. The van der Waals surface area contributed by atoms with Crippen LogP contribution < -0.4 is 5.32 Å². The molecule has 1 fully saturated rings. The second-order valence-corrected chi connectivity index (χ2v) is 4.45. The maximum atomic E-state index is 11.4. The van der Waals surface area contributed by atoms with Crippen LogP contribution in [0.3, 0.4) is 0 Å². The summed E-state index contributed by atoms with van der Waals surface area (Å²) in [5, 5.41) is 3.15. The number of hydrogen-bond donors (Lipinski definition) is 1. The van der Waals surface area contributed by atoms with Gasteiger partial charge in [-0.3, -0.25) is 4.79 Å². The third-order valence-corrected chi connectivity index (χ3v) is 3.30. The van der Waals surface area contributed by atoms with Crippen LogP contribution in [0.2, 0.25) is 5.02 Å². The summed E-state index contributed by atoms with van der Waals surface area (Å²) in [5.74, 6) is 0.599. The highest BCUT2D eigenvalue weighted by molar-refractivity contribution is 9.10. The van der Waals surface area contributed by atoms with E-state index in [1.165, 1.54) is 0 Å². The first kappa shape index (κ1) is 9.93. The Labute approximate surface area is 95.0 Å². The standard InChI is InChI=1S/C9H8BrClN2O/c10-6-3-4-12-8(7(6)11)13-9(14)5-1-2-5/h3-5H,1-2H2,(H,12,13,14). The molecule has 74 valence electrons. The highest BCUT2D eigenvalue weighted by atomic mass is 79.9. The fourth-order valence-electron chi connectivity index (χ4n) is 1.07. The van der Waals surface area contributed by atoms with Crippen molar-refractivity contribution < 1.29 is 4.79 Å². The lowest BCUT2D eigenvalue weighted by atomic mass is 10.4. The SMILES string of the molecule is O=C(Nc1nccc(Br)c1Cl)C1CC1. The average molecular weight is 276 g/mol. The molecule has 1 heterocycles. The van der Waals surface area contributed by atoms with Crippen molar-refractivity contribution in [2.24, 2.45) is 5.92 Å². The van der Waals surface area contributed by atoms with E-state index in [1.807, 2.05) is 0 Å². The van der Waals surface area contributed by atoms with Crippen LogP contribution in [-0.4, -0.2) is 10.9 Å². The fourth-order valence-corrected chi connectivity index (χ4v) is 1.54. The molecule has 2 rings (SSSR count). The molecule has 5 heteroatoms. The average Bonchev–Trinajstić information content (AvgIpc) is 2.95. The Balaban J connectivity index is 2.15. The van der Waals surface area contributed by atoms with Crippen LogP contribution in [0.5, 0.6) is 0 Å². The van der Waals surface area contributed by atoms with Gasteiger partial charge in [-0.15, -0.1) is 0 Å². The Hall–Kier alpha value is -0.610. The molecule has 1 aromatic rings. The van der Waals surface area contributed by atoms with Crippen molar-refractivity contribution in [2.75, 3.05) is 5.32 Å². The van der Waals surface area contributed by atoms with Gasteiger partial charge in [0.2, 0.25) is 5.91 Å². The number of pyridine rings is 1. The van der Waals surface area contributed by atoms with Crippen molar-refractivity contribution in [3.8, 4) is 0 Å². The number of rotatable bonds is 2. The van der Waals surface area contributed by atoms with Gasteiger partial charge in [0.25, 0.3) is 0 Å². The number of hydrogen-bond acceptors (Lipinski definition) is 2. The van der Waals surface area contributed by atoms with Gasteiger partial charge in [-0.1, -0.05) is 11.6 Å². The molecule has 1 aliphatic rings. The van der Waals surface area contributed by atoms with Gasteiger partial charge in [-0.2, -0.15) is 0 Å². The predicted molar refractivity (Wildman–Crippen MR) is 58.3 cm³/mol. The van der Waals surface area contributed by atoms with Gasteiger partial charge in [0, 0.05) is 16.6 Å². The van der Waals surface area contributed by atoms with Crippen LogP contribution in [0.25, 0.3) is 0 Å². The molecule has 0 bridgehead atoms. The molecule has 1 N–H and O–H groups in total. The van der Waals surface area contributed by atoms with Crippen LogP contribution in [0.1, 0.15) is 12.8 Å². The summed E-state index contributed by atoms with van der Waals surface area (Å²) in [4.78, 5) is 15.4. The van der Waals surface area contributed by atoms with Crippen molar-refractivity contribution in [1.82, 2.24) is 4.98 Å². The topological polar surface area (TPSA) is 42.0 Å². The summed E-state index contributed by atoms with van der Waals surface area (Å²) in [6, 6.07) is 1.73. The second kappa shape index (κ2) is 3.87. The number of nitrogens with one attached hydrogen (secondary N) is 1. The van der Waals surface area contributed by atoms with Crippen LogP contribution in [-0.2, 0) is 4.79 Å². The van der Waals surface area contributed by atoms with Crippen LogP contribution in [0.4, 0.5) is 5.82 Å². The smallest absolute Gasteiger partial charge is 0.228 e. The zero-order chi connectivity index (χ0) is 10.1. The number of nitrogens with zero attached hydrogens (tertiary/aromatic N) is 1. The lowest BCUT2D eigenvalue weighted by Gasteiger charge is -2.05. The molecule has 1 saturated carbocycles. The molecule has 14 heavy (non-hydrogen) atoms. The number of carbonyl (C=O) groups excluding carboxylic acids is 1. The van der Waals surface area contributed by atoms with E-state index in [4.69, 9.17) is 11.6 Å². The minimum Gasteiger partial charge on any atom is -0.309 e. The summed E-state index contributed by atoms with van der Waals surface area (Å²) in [6.45, 7) is 0. The lowest BCUT2D eigenvalue weighted by molar-refractivity contribution is -0.117. The van der Waals surface area contributed by atoms with Crippen LogP contribution in [0, 0.1) is 5.92 Å². The van der Waals surface area contributed by atoms with Crippen molar-refractivity contribution in [2.45, 2.75) is 12.8 Å². The molecular formula is C9H8BrClN2O. The van der Waals surface area contributed by atoms with Gasteiger partial charge in [-0.05, 0) is 34.8 Å². The molecule has 0 atom stereocenters. The minimum absolute atomic E-state index is 0.0116. The first-order chi connectivity index (χ1) is 6.68. The third-order valence-electron chi connectivity index (χ3n) is 2.03. The fraction of sp³-hybridized carbons (Fsp3) is 0.333. The van der Waals surface area contributed by atoms with Crippen LogP contribution in [0.15, 0.2) is 16.7 Å². The van der Waals surface area contributed by atoms with E-state index in [2.05, 4.69) is 26.2 Å². The van der Waals surface area contributed by atoms with Gasteiger partial charge in [-0.25, -0.2) is 4.98 Å². The maximum Gasteiger partial charge on any atom is 0.228 e.